The van der Waals surface area contributed by atoms with E-state index < -0.39 is 11.9 Å². The molecule has 3 aromatic carbocycles. The van der Waals surface area contributed by atoms with Crippen LogP contribution in [0.5, 0.6) is 5.75 Å². The molecule has 0 heterocycles. The van der Waals surface area contributed by atoms with Crippen molar-refractivity contribution in [3.8, 4) is 5.75 Å². The van der Waals surface area contributed by atoms with Crippen molar-refractivity contribution in [1.82, 2.24) is 0 Å². The molecule has 0 aliphatic carbocycles. The second-order valence-corrected chi connectivity index (χ2v) is 5.02. The molecular weight excluding hydrogens is 294 g/mol. The fourth-order valence-corrected chi connectivity index (χ4v) is 2.42. The zero-order valence-corrected chi connectivity index (χ0v) is 12.0. The van der Waals surface area contributed by atoms with Crippen molar-refractivity contribution in [2.75, 3.05) is 5.32 Å². The molecule has 0 saturated carbocycles. The highest BCUT2D eigenvalue weighted by Crippen LogP contribution is 2.28. The fraction of sp³-hybridized carbons (Fsp3) is 0. The van der Waals surface area contributed by atoms with E-state index >= 15 is 0 Å². The van der Waals surface area contributed by atoms with E-state index in [-0.39, 0.29) is 16.9 Å². The Morgan fingerprint density at radius 2 is 1.70 bits per heavy atom. The molecule has 3 aromatic rings. The average molecular weight is 307 g/mol. The van der Waals surface area contributed by atoms with E-state index in [1.54, 1.807) is 30.3 Å². The predicted molar refractivity (Wildman–Crippen MR) is 87.0 cm³/mol. The minimum absolute atomic E-state index is 0.0740. The summed E-state index contributed by atoms with van der Waals surface area (Å²) in [6.45, 7) is 0. The number of phenolic OH excluding ortho intramolecular Hbond substituents is 1. The standard InChI is InChI=1S/C18H13NO4/c20-15-9-8-11-4-1-2-7-14(11)16(15)17(21)19-13-6-3-5-12(10-13)18(22)23/h1-10,20H,(H,19,21)(H,22,23). The summed E-state index contributed by atoms with van der Waals surface area (Å²) in [5, 5.41) is 23.1. The van der Waals surface area contributed by atoms with Gasteiger partial charge in [0.1, 0.15) is 5.75 Å². The number of phenols is 1. The highest BCUT2D eigenvalue weighted by molar-refractivity contribution is 6.15. The van der Waals surface area contributed by atoms with Gasteiger partial charge in [-0.2, -0.15) is 0 Å². The molecule has 23 heavy (non-hydrogen) atoms. The normalized spacial score (nSPS) is 10.4. The molecule has 0 radical (unpaired) electrons. The Kier molecular flexibility index (Phi) is 3.68. The van der Waals surface area contributed by atoms with Gasteiger partial charge in [0.15, 0.2) is 0 Å². The summed E-state index contributed by atoms with van der Waals surface area (Å²) in [7, 11) is 0. The van der Waals surface area contributed by atoms with Gasteiger partial charge in [-0.1, -0.05) is 36.4 Å². The van der Waals surface area contributed by atoms with Gasteiger partial charge in [-0.25, -0.2) is 4.79 Å². The quantitative estimate of drug-likeness (QED) is 0.691. The van der Waals surface area contributed by atoms with Crippen LogP contribution in [0.25, 0.3) is 10.8 Å². The van der Waals surface area contributed by atoms with Crippen molar-refractivity contribution in [3.63, 3.8) is 0 Å². The Hall–Kier alpha value is -3.34. The molecule has 0 spiro atoms. The Morgan fingerprint density at radius 3 is 2.48 bits per heavy atom. The van der Waals surface area contributed by atoms with Crippen LogP contribution in [-0.2, 0) is 0 Å². The summed E-state index contributed by atoms with van der Waals surface area (Å²) < 4.78 is 0. The van der Waals surface area contributed by atoms with Crippen molar-refractivity contribution in [1.29, 1.82) is 0 Å². The van der Waals surface area contributed by atoms with Gasteiger partial charge in [-0.15, -0.1) is 0 Å². The highest BCUT2D eigenvalue weighted by Gasteiger charge is 2.16. The van der Waals surface area contributed by atoms with Crippen LogP contribution < -0.4 is 5.32 Å². The number of aromatic carboxylic acids is 1. The van der Waals surface area contributed by atoms with E-state index in [0.29, 0.717) is 11.1 Å². The average Bonchev–Trinajstić information content (AvgIpc) is 2.54. The first kappa shape index (κ1) is 14.6. The summed E-state index contributed by atoms with van der Waals surface area (Å²) >= 11 is 0. The third-order valence-corrected chi connectivity index (χ3v) is 3.50. The largest absolute Gasteiger partial charge is 0.507 e. The molecule has 0 fully saturated rings. The van der Waals surface area contributed by atoms with Crippen LogP contribution in [-0.4, -0.2) is 22.1 Å². The van der Waals surface area contributed by atoms with E-state index in [2.05, 4.69) is 5.32 Å². The van der Waals surface area contributed by atoms with Crippen LogP contribution in [0.4, 0.5) is 5.69 Å². The summed E-state index contributed by atoms with van der Waals surface area (Å²) in [5.74, 6) is -1.70. The molecule has 114 valence electrons. The second kappa shape index (κ2) is 5.81. The Bertz CT molecular complexity index is 918. The molecule has 0 aliphatic rings. The Labute approximate surface area is 131 Å². The number of anilines is 1. The molecule has 5 nitrogen and oxygen atoms in total. The number of hydrogen-bond acceptors (Lipinski definition) is 3. The number of carbonyl (C=O) groups is 2. The van der Waals surface area contributed by atoms with E-state index in [1.807, 2.05) is 12.1 Å². The number of benzene rings is 3. The molecule has 0 atom stereocenters. The van der Waals surface area contributed by atoms with E-state index in [4.69, 9.17) is 5.11 Å². The summed E-state index contributed by atoms with van der Waals surface area (Å²) in [5.41, 5.74) is 0.580. The SMILES string of the molecule is O=C(O)c1cccc(NC(=O)c2c(O)ccc3ccccc23)c1. The van der Waals surface area contributed by atoms with Crippen LogP contribution >= 0.6 is 0 Å². The van der Waals surface area contributed by atoms with Crippen LogP contribution in [0.15, 0.2) is 60.7 Å². The molecule has 0 saturated heterocycles. The van der Waals surface area contributed by atoms with Crippen molar-refractivity contribution in [3.05, 3.63) is 71.8 Å². The molecule has 5 heteroatoms. The number of carboxylic acids is 1. The summed E-state index contributed by atoms with van der Waals surface area (Å²) in [4.78, 5) is 23.5. The van der Waals surface area contributed by atoms with Crippen molar-refractivity contribution < 1.29 is 19.8 Å². The minimum Gasteiger partial charge on any atom is -0.507 e. The molecule has 0 aliphatic heterocycles. The smallest absolute Gasteiger partial charge is 0.335 e. The van der Waals surface area contributed by atoms with E-state index in [0.717, 1.165) is 5.39 Å². The lowest BCUT2D eigenvalue weighted by Gasteiger charge is -2.10. The summed E-state index contributed by atoms with van der Waals surface area (Å²) in [6.07, 6.45) is 0. The number of carbonyl (C=O) groups excluding carboxylic acids is 1. The first-order valence-corrected chi connectivity index (χ1v) is 6.91. The van der Waals surface area contributed by atoms with Gasteiger partial charge in [0.05, 0.1) is 11.1 Å². The molecule has 0 bridgehead atoms. The third kappa shape index (κ3) is 2.85. The Morgan fingerprint density at radius 1 is 0.913 bits per heavy atom. The maximum absolute atomic E-state index is 12.5. The maximum atomic E-state index is 12.5. The predicted octanol–water partition coefficient (Wildman–Crippen LogP) is 3.50. The number of rotatable bonds is 3. The number of hydrogen-bond donors (Lipinski definition) is 3. The fourth-order valence-electron chi connectivity index (χ4n) is 2.42. The molecule has 3 N–H and O–H groups in total. The van der Waals surface area contributed by atoms with Crippen LogP contribution in [0.1, 0.15) is 20.7 Å². The van der Waals surface area contributed by atoms with Gasteiger partial charge in [-0.05, 0) is 35.0 Å². The van der Waals surface area contributed by atoms with Crippen molar-refractivity contribution >= 4 is 28.3 Å². The lowest BCUT2D eigenvalue weighted by atomic mass is 10.0. The molecular formula is C18H13NO4. The van der Waals surface area contributed by atoms with E-state index in [1.165, 1.54) is 18.2 Å². The molecule has 1 amide bonds. The van der Waals surface area contributed by atoms with Crippen LogP contribution in [0.3, 0.4) is 0 Å². The monoisotopic (exact) mass is 307 g/mol. The lowest BCUT2D eigenvalue weighted by molar-refractivity contribution is 0.0696. The zero-order valence-electron chi connectivity index (χ0n) is 12.0. The number of aromatic hydroxyl groups is 1. The first-order chi connectivity index (χ1) is 11.1. The van der Waals surface area contributed by atoms with Gasteiger partial charge in [0, 0.05) is 5.69 Å². The number of fused-ring (bicyclic) bond motifs is 1. The van der Waals surface area contributed by atoms with Crippen LogP contribution in [0, 0.1) is 0 Å². The van der Waals surface area contributed by atoms with E-state index in [9.17, 15) is 14.7 Å². The minimum atomic E-state index is -1.07. The number of carboxylic acid groups (broad SMARTS) is 1. The zero-order chi connectivity index (χ0) is 16.4. The van der Waals surface area contributed by atoms with Gasteiger partial charge >= 0.3 is 5.97 Å². The number of nitrogens with one attached hydrogen (secondary N) is 1. The van der Waals surface area contributed by atoms with Crippen molar-refractivity contribution in [2.45, 2.75) is 0 Å². The second-order valence-electron chi connectivity index (χ2n) is 5.02. The Balaban J connectivity index is 2.00. The van der Waals surface area contributed by atoms with Gasteiger partial charge in [0.25, 0.3) is 5.91 Å². The van der Waals surface area contributed by atoms with Crippen LogP contribution in [0.2, 0.25) is 0 Å². The lowest BCUT2D eigenvalue weighted by Crippen LogP contribution is -2.13. The number of amides is 1. The maximum Gasteiger partial charge on any atom is 0.335 e. The molecule has 0 aromatic heterocycles. The van der Waals surface area contributed by atoms with Gasteiger partial charge in [0.2, 0.25) is 0 Å². The highest BCUT2D eigenvalue weighted by atomic mass is 16.4. The third-order valence-electron chi connectivity index (χ3n) is 3.50. The van der Waals surface area contributed by atoms with Gasteiger partial charge < -0.3 is 15.5 Å². The first-order valence-electron chi connectivity index (χ1n) is 6.91. The molecule has 0 unspecified atom stereocenters. The summed E-state index contributed by atoms with van der Waals surface area (Å²) in [6, 6.07) is 16.3. The molecule has 3 rings (SSSR count). The van der Waals surface area contributed by atoms with Crippen molar-refractivity contribution in [2.24, 2.45) is 0 Å². The van der Waals surface area contributed by atoms with Gasteiger partial charge in [-0.3, -0.25) is 4.79 Å². The topological polar surface area (TPSA) is 86.6 Å².